The van der Waals surface area contributed by atoms with Crippen LogP contribution < -0.4 is 0 Å². The number of carboxylic acids is 1. The second-order valence-corrected chi connectivity index (χ2v) is 5.46. The van der Waals surface area contributed by atoms with Crippen LogP contribution in [0.5, 0.6) is 0 Å². The molecule has 1 saturated heterocycles. The SMILES string of the molecule is CCC1(C(=O)O)CCCN(C(=O)CC(C)C)C1. The highest BCUT2D eigenvalue weighted by atomic mass is 16.4. The molecule has 4 nitrogen and oxygen atoms in total. The molecule has 1 atom stereocenters. The van der Waals surface area contributed by atoms with Crippen molar-refractivity contribution < 1.29 is 14.7 Å². The first-order valence-corrected chi connectivity index (χ1v) is 6.42. The van der Waals surface area contributed by atoms with Gasteiger partial charge in [-0.2, -0.15) is 0 Å². The van der Waals surface area contributed by atoms with Crippen LogP contribution in [-0.4, -0.2) is 35.0 Å². The average Bonchev–Trinajstić information content (AvgIpc) is 2.28. The van der Waals surface area contributed by atoms with E-state index in [0.29, 0.717) is 38.3 Å². The number of carbonyl (C=O) groups is 2. The van der Waals surface area contributed by atoms with E-state index >= 15 is 0 Å². The van der Waals surface area contributed by atoms with Gasteiger partial charge in [-0.1, -0.05) is 20.8 Å². The molecule has 1 aliphatic heterocycles. The zero-order chi connectivity index (χ0) is 13.1. The molecule has 0 aliphatic carbocycles. The third-order valence-electron chi connectivity index (χ3n) is 3.64. The number of amides is 1. The second-order valence-electron chi connectivity index (χ2n) is 5.46. The summed E-state index contributed by atoms with van der Waals surface area (Å²) < 4.78 is 0. The van der Waals surface area contributed by atoms with Gasteiger partial charge in [0.2, 0.25) is 5.91 Å². The number of aliphatic carboxylic acids is 1. The first kappa shape index (κ1) is 14.0. The first-order chi connectivity index (χ1) is 7.91. The Labute approximate surface area is 103 Å². The number of nitrogens with zero attached hydrogens (tertiary/aromatic N) is 1. The molecule has 1 amide bonds. The third-order valence-corrected chi connectivity index (χ3v) is 3.64. The van der Waals surface area contributed by atoms with E-state index in [1.807, 2.05) is 20.8 Å². The standard InChI is InChI=1S/C13H23NO3/c1-4-13(12(16)17)6-5-7-14(9-13)11(15)8-10(2)3/h10H,4-9H2,1-3H3,(H,16,17). The predicted octanol–water partition coefficient (Wildman–Crippen LogP) is 2.14. The fourth-order valence-corrected chi connectivity index (χ4v) is 2.44. The lowest BCUT2D eigenvalue weighted by Crippen LogP contribution is -2.49. The van der Waals surface area contributed by atoms with Gasteiger partial charge < -0.3 is 10.0 Å². The Bertz CT molecular complexity index is 301. The molecular formula is C13H23NO3. The molecule has 1 aliphatic rings. The lowest BCUT2D eigenvalue weighted by atomic mass is 9.77. The molecule has 0 radical (unpaired) electrons. The molecule has 98 valence electrons. The monoisotopic (exact) mass is 241 g/mol. The van der Waals surface area contributed by atoms with Gasteiger partial charge in [-0.15, -0.1) is 0 Å². The van der Waals surface area contributed by atoms with Crippen LogP contribution in [0.1, 0.15) is 46.5 Å². The number of rotatable bonds is 4. The quantitative estimate of drug-likeness (QED) is 0.820. The van der Waals surface area contributed by atoms with Gasteiger partial charge in [0, 0.05) is 19.5 Å². The lowest BCUT2D eigenvalue weighted by Gasteiger charge is -2.39. The zero-order valence-corrected chi connectivity index (χ0v) is 11.0. The predicted molar refractivity (Wildman–Crippen MR) is 65.6 cm³/mol. The number of likely N-dealkylation sites (tertiary alicyclic amines) is 1. The van der Waals surface area contributed by atoms with E-state index in [-0.39, 0.29) is 5.91 Å². The first-order valence-electron chi connectivity index (χ1n) is 6.42. The van der Waals surface area contributed by atoms with Gasteiger partial charge in [-0.3, -0.25) is 9.59 Å². The summed E-state index contributed by atoms with van der Waals surface area (Å²) in [5, 5.41) is 9.33. The van der Waals surface area contributed by atoms with Crippen molar-refractivity contribution in [1.29, 1.82) is 0 Å². The Balaban J connectivity index is 2.71. The fraction of sp³-hybridized carbons (Fsp3) is 0.846. The summed E-state index contributed by atoms with van der Waals surface area (Å²) in [4.78, 5) is 25.1. The van der Waals surface area contributed by atoms with E-state index in [2.05, 4.69) is 0 Å². The van der Waals surface area contributed by atoms with E-state index in [4.69, 9.17) is 0 Å². The number of hydrogen-bond donors (Lipinski definition) is 1. The van der Waals surface area contributed by atoms with E-state index in [0.717, 1.165) is 6.42 Å². The molecule has 1 fully saturated rings. The number of piperidine rings is 1. The molecule has 1 heterocycles. The maximum atomic E-state index is 12.0. The minimum Gasteiger partial charge on any atom is -0.481 e. The molecule has 0 saturated carbocycles. The largest absolute Gasteiger partial charge is 0.481 e. The highest BCUT2D eigenvalue weighted by Crippen LogP contribution is 2.34. The van der Waals surface area contributed by atoms with Crippen LogP contribution in [0.15, 0.2) is 0 Å². The van der Waals surface area contributed by atoms with Crippen molar-refractivity contribution in [2.45, 2.75) is 46.5 Å². The Hall–Kier alpha value is -1.06. The van der Waals surface area contributed by atoms with Crippen LogP contribution in [0.3, 0.4) is 0 Å². The van der Waals surface area contributed by atoms with E-state index in [1.165, 1.54) is 0 Å². The number of hydrogen-bond acceptors (Lipinski definition) is 2. The molecule has 1 unspecified atom stereocenters. The van der Waals surface area contributed by atoms with Crippen LogP contribution in [0, 0.1) is 11.3 Å². The van der Waals surface area contributed by atoms with Crippen molar-refractivity contribution in [1.82, 2.24) is 4.90 Å². The van der Waals surface area contributed by atoms with Gasteiger partial charge in [0.05, 0.1) is 5.41 Å². The molecule has 0 aromatic heterocycles. The van der Waals surface area contributed by atoms with Gasteiger partial charge in [0.1, 0.15) is 0 Å². The van der Waals surface area contributed by atoms with Crippen LogP contribution in [0.25, 0.3) is 0 Å². The molecule has 1 rings (SSSR count). The fourth-order valence-electron chi connectivity index (χ4n) is 2.44. The van der Waals surface area contributed by atoms with E-state index < -0.39 is 11.4 Å². The Morgan fingerprint density at radius 3 is 2.53 bits per heavy atom. The molecule has 0 aromatic rings. The molecule has 0 spiro atoms. The normalized spacial score (nSPS) is 25.1. The zero-order valence-electron chi connectivity index (χ0n) is 11.0. The minimum atomic E-state index is -0.762. The summed E-state index contributed by atoms with van der Waals surface area (Å²) in [6, 6.07) is 0. The van der Waals surface area contributed by atoms with Crippen molar-refractivity contribution in [2.24, 2.45) is 11.3 Å². The Kier molecular flexibility index (Phi) is 4.54. The summed E-state index contributed by atoms with van der Waals surface area (Å²) in [7, 11) is 0. The maximum Gasteiger partial charge on any atom is 0.311 e. The number of carbonyl (C=O) groups excluding carboxylic acids is 1. The maximum absolute atomic E-state index is 12.0. The Morgan fingerprint density at radius 2 is 2.06 bits per heavy atom. The van der Waals surface area contributed by atoms with E-state index in [1.54, 1.807) is 4.90 Å². The minimum absolute atomic E-state index is 0.0961. The third kappa shape index (κ3) is 3.20. The van der Waals surface area contributed by atoms with Gasteiger partial charge in [-0.05, 0) is 25.2 Å². The lowest BCUT2D eigenvalue weighted by molar-refractivity contribution is -0.155. The summed E-state index contributed by atoms with van der Waals surface area (Å²) in [5.74, 6) is -0.342. The van der Waals surface area contributed by atoms with Crippen molar-refractivity contribution >= 4 is 11.9 Å². The molecule has 4 heteroatoms. The molecule has 0 aromatic carbocycles. The van der Waals surface area contributed by atoms with Crippen LogP contribution in [0.4, 0.5) is 0 Å². The summed E-state index contributed by atoms with van der Waals surface area (Å²) in [6.07, 6.45) is 2.58. The second kappa shape index (κ2) is 5.52. The molecule has 0 bridgehead atoms. The molecule has 1 N–H and O–H groups in total. The number of carboxylic acid groups (broad SMARTS) is 1. The van der Waals surface area contributed by atoms with Crippen LogP contribution in [0.2, 0.25) is 0 Å². The van der Waals surface area contributed by atoms with Gasteiger partial charge in [0.25, 0.3) is 0 Å². The van der Waals surface area contributed by atoms with Crippen LogP contribution in [-0.2, 0) is 9.59 Å². The Morgan fingerprint density at radius 1 is 1.41 bits per heavy atom. The molecular weight excluding hydrogens is 218 g/mol. The average molecular weight is 241 g/mol. The van der Waals surface area contributed by atoms with Crippen LogP contribution >= 0.6 is 0 Å². The summed E-state index contributed by atoms with van der Waals surface area (Å²) in [6.45, 7) is 6.99. The van der Waals surface area contributed by atoms with Crippen molar-refractivity contribution in [3.05, 3.63) is 0 Å². The van der Waals surface area contributed by atoms with Crippen molar-refractivity contribution in [3.63, 3.8) is 0 Å². The highest BCUT2D eigenvalue weighted by molar-refractivity contribution is 5.79. The van der Waals surface area contributed by atoms with Crippen molar-refractivity contribution in [2.75, 3.05) is 13.1 Å². The van der Waals surface area contributed by atoms with Crippen molar-refractivity contribution in [3.8, 4) is 0 Å². The van der Waals surface area contributed by atoms with Gasteiger partial charge >= 0.3 is 5.97 Å². The smallest absolute Gasteiger partial charge is 0.311 e. The van der Waals surface area contributed by atoms with E-state index in [9.17, 15) is 14.7 Å². The summed E-state index contributed by atoms with van der Waals surface area (Å²) >= 11 is 0. The van der Waals surface area contributed by atoms with Gasteiger partial charge in [0.15, 0.2) is 0 Å². The van der Waals surface area contributed by atoms with Gasteiger partial charge in [-0.25, -0.2) is 0 Å². The topological polar surface area (TPSA) is 57.6 Å². The highest BCUT2D eigenvalue weighted by Gasteiger charge is 2.41. The molecule has 17 heavy (non-hydrogen) atoms. The summed E-state index contributed by atoms with van der Waals surface area (Å²) in [5.41, 5.74) is -0.717.